The average Bonchev–Trinajstić information content (AvgIpc) is 3.32. The summed E-state index contributed by atoms with van der Waals surface area (Å²) in [7, 11) is -3.41. The van der Waals surface area contributed by atoms with E-state index in [0.29, 0.717) is 18.0 Å². The van der Waals surface area contributed by atoms with Gasteiger partial charge in [0, 0.05) is 31.5 Å². The molecule has 2 saturated carbocycles. The van der Waals surface area contributed by atoms with E-state index in [1.807, 2.05) is 11.5 Å². The largest absolute Gasteiger partial charge is 0.349 e. The highest BCUT2D eigenvalue weighted by Crippen LogP contribution is 2.60. The number of nitrogens with zero attached hydrogens (tertiary/aromatic N) is 1. The Morgan fingerprint density at radius 2 is 2.15 bits per heavy atom. The Bertz CT molecular complexity index is 576. The summed E-state index contributed by atoms with van der Waals surface area (Å²) in [6, 6.07) is 1.68. The molecule has 3 rings (SSSR count). The van der Waals surface area contributed by atoms with Crippen LogP contribution >= 0.6 is 0 Å². The van der Waals surface area contributed by atoms with Crippen LogP contribution < -0.4 is 10.5 Å². The predicted molar refractivity (Wildman–Crippen MR) is 77.6 cm³/mol. The highest BCUT2D eigenvalue weighted by atomic mass is 32.2. The lowest BCUT2D eigenvalue weighted by Crippen LogP contribution is -2.31. The van der Waals surface area contributed by atoms with Crippen LogP contribution in [-0.4, -0.2) is 19.5 Å². The fourth-order valence-corrected chi connectivity index (χ4v) is 4.25. The molecule has 0 bridgehead atoms. The van der Waals surface area contributed by atoms with E-state index in [0.717, 1.165) is 18.2 Å². The van der Waals surface area contributed by atoms with Crippen LogP contribution in [0, 0.1) is 11.3 Å². The van der Waals surface area contributed by atoms with Gasteiger partial charge in [-0.25, -0.2) is 13.1 Å². The topological polar surface area (TPSA) is 77.1 Å². The summed E-state index contributed by atoms with van der Waals surface area (Å²) >= 11 is 0. The van der Waals surface area contributed by atoms with E-state index in [4.69, 9.17) is 5.73 Å². The van der Waals surface area contributed by atoms with Gasteiger partial charge in [-0.15, -0.1) is 0 Å². The Labute approximate surface area is 120 Å². The van der Waals surface area contributed by atoms with Crippen LogP contribution in [0.25, 0.3) is 0 Å². The van der Waals surface area contributed by atoms with Crippen molar-refractivity contribution in [1.29, 1.82) is 0 Å². The van der Waals surface area contributed by atoms with Gasteiger partial charge in [-0.3, -0.25) is 0 Å². The van der Waals surface area contributed by atoms with Crippen molar-refractivity contribution in [3.05, 3.63) is 18.0 Å². The first-order valence-corrected chi connectivity index (χ1v) is 8.88. The second-order valence-corrected chi connectivity index (χ2v) is 7.89. The lowest BCUT2D eigenvalue weighted by atomic mass is 10.0. The van der Waals surface area contributed by atoms with Crippen LogP contribution in [-0.2, 0) is 23.1 Å². The number of hydrogen-bond acceptors (Lipinski definition) is 3. The molecule has 112 valence electrons. The van der Waals surface area contributed by atoms with Gasteiger partial charge in [-0.1, -0.05) is 0 Å². The molecule has 20 heavy (non-hydrogen) atoms. The highest BCUT2D eigenvalue weighted by Gasteiger charge is 2.53. The van der Waals surface area contributed by atoms with Gasteiger partial charge in [0.1, 0.15) is 0 Å². The third-order valence-corrected chi connectivity index (χ3v) is 6.14. The summed E-state index contributed by atoms with van der Waals surface area (Å²) in [6.45, 7) is 3.66. The summed E-state index contributed by atoms with van der Waals surface area (Å²) in [4.78, 5) is 0.339. The van der Waals surface area contributed by atoms with Crippen molar-refractivity contribution in [2.24, 2.45) is 17.1 Å². The lowest BCUT2D eigenvalue weighted by Gasteiger charge is -2.14. The molecule has 3 N–H and O–H groups in total. The molecule has 2 aliphatic carbocycles. The van der Waals surface area contributed by atoms with Crippen LogP contribution in [0.2, 0.25) is 0 Å². The molecular weight excluding hydrogens is 274 g/mol. The number of nitrogens with two attached hydrogens (primary N) is 1. The van der Waals surface area contributed by atoms with Crippen molar-refractivity contribution in [3.63, 3.8) is 0 Å². The van der Waals surface area contributed by atoms with Gasteiger partial charge >= 0.3 is 0 Å². The number of rotatable bonds is 7. The van der Waals surface area contributed by atoms with Crippen LogP contribution in [0.15, 0.2) is 17.2 Å². The Hall–Kier alpha value is -0.850. The third kappa shape index (κ3) is 2.52. The molecule has 1 aromatic heterocycles. The van der Waals surface area contributed by atoms with E-state index >= 15 is 0 Å². The maximum atomic E-state index is 12.4. The maximum absolute atomic E-state index is 12.4. The van der Waals surface area contributed by atoms with E-state index in [2.05, 4.69) is 4.72 Å². The smallest absolute Gasteiger partial charge is 0.242 e. The number of hydrogen-bond donors (Lipinski definition) is 2. The van der Waals surface area contributed by atoms with Crippen LogP contribution in [0.1, 0.15) is 38.3 Å². The molecule has 0 saturated heterocycles. The summed E-state index contributed by atoms with van der Waals surface area (Å²) < 4.78 is 29.5. The molecule has 0 atom stereocenters. The second kappa shape index (κ2) is 4.86. The Morgan fingerprint density at radius 3 is 2.60 bits per heavy atom. The van der Waals surface area contributed by atoms with E-state index < -0.39 is 10.0 Å². The second-order valence-electron chi connectivity index (χ2n) is 6.12. The minimum absolute atomic E-state index is 0.275. The number of sulfonamides is 1. The molecule has 0 aromatic carbocycles. The molecule has 6 heteroatoms. The number of nitrogens with one attached hydrogen (secondary N) is 1. The van der Waals surface area contributed by atoms with Gasteiger partial charge in [0.25, 0.3) is 0 Å². The quantitative estimate of drug-likeness (QED) is 0.799. The van der Waals surface area contributed by atoms with E-state index in [-0.39, 0.29) is 5.41 Å². The first-order chi connectivity index (χ1) is 9.51. The minimum Gasteiger partial charge on any atom is -0.349 e. The summed E-state index contributed by atoms with van der Waals surface area (Å²) in [5.41, 5.74) is 6.78. The van der Waals surface area contributed by atoms with Crippen molar-refractivity contribution in [2.75, 3.05) is 6.54 Å². The van der Waals surface area contributed by atoms with Crippen LogP contribution in [0.4, 0.5) is 0 Å². The number of aromatic nitrogens is 1. The zero-order valence-electron chi connectivity index (χ0n) is 11.9. The first kappa shape index (κ1) is 14.1. The Balaban J connectivity index is 1.72. The molecule has 5 nitrogen and oxygen atoms in total. The molecule has 1 heterocycles. The molecule has 0 aliphatic heterocycles. The Kier molecular flexibility index (Phi) is 3.43. The highest BCUT2D eigenvalue weighted by molar-refractivity contribution is 7.89. The van der Waals surface area contributed by atoms with E-state index in [1.54, 1.807) is 12.3 Å². The summed E-state index contributed by atoms with van der Waals surface area (Å²) in [5, 5.41) is 0. The summed E-state index contributed by atoms with van der Waals surface area (Å²) in [5.74, 6) is 0.755. The molecule has 2 fully saturated rings. The normalized spacial score (nSPS) is 21.1. The van der Waals surface area contributed by atoms with Gasteiger partial charge in [0.05, 0.1) is 4.90 Å². The van der Waals surface area contributed by atoms with Gasteiger partial charge in [-0.05, 0) is 50.0 Å². The molecule has 0 amide bonds. The standard InChI is InChI=1S/C14H23N3O2S/c1-2-17-9-13(7-12(17)8-15)20(18,19)16-10-14(5-6-14)11-3-4-11/h7,9,11,16H,2-6,8,10,15H2,1H3. The summed E-state index contributed by atoms with van der Waals surface area (Å²) in [6.07, 6.45) is 6.56. The molecule has 0 spiro atoms. The van der Waals surface area contributed by atoms with Crippen LogP contribution in [0.3, 0.4) is 0 Å². The molecule has 0 radical (unpaired) electrons. The fraction of sp³-hybridized carbons (Fsp3) is 0.714. The van der Waals surface area contributed by atoms with Crippen molar-refractivity contribution in [2.45, 2.75) is 50.6 Å². The molecule has 2 aliphatic rings. The SMILES string of the molecule is CCn1cc(S(=O)(=O)NCC2(C3CC3)CC2)cc1CN. The third-order valence-electron chi connectivity index (χ3n) is 4.77. The lowest BCUT2D eigenvalue weighted by molar-refractivity contribution is 0.432. The minimum atomic E-state index is -3.41. The zero-order chi connectivity index (χ0) is 14.4. The molecular formula is C14H23N3O2S. The van der Waals surface area contributed by atoms with Crippen molar-refractivity contribution in [1.82, 2.24) is 9.29 Å². The van der Waals surface area contributed by atoms with Crippen LogP contribution in [0.5, 0.6) is 0 Å². The zero-order valence-corrected chi connectivity index (χ0v) is 12.7. The van der Waals surface area contributed by atoms with E-state index in [1.165, 1.54) is 25.7 Å². The maximum Gasteiger partial charge on any atom is 0.242 e. The molecule has 0 unspecified atom stereocenters. The molecule has 1 aromatic rings. The average molecular weight is 297 g/mol. The van der Waals surface area contributed by atoms with Gasteiger partial charge in [0.2, 0.25) is 10.0 Å². The fourth-order valence-electron chi connectivity index (χ4n) is 3.05. The van der Waals surface area contributed by atoms with Crippen molar-refractivity contribution < 1.29 is 8.42 Å². The van der Waals surface area contributed by atoms with E-state index in [9.17, 15) is 8.42 Å². The Morgan fingerprint density at radius 1 is 1.45 bits per heavy atom. The monoisotopic (exact) mass is 297 g/mol. The van der Waals surface area contributed by atoms with Gasteiger partial charge < -0.3 is 10.3 Å². The van der Waals surface area contributed by atoms with Gasteiger partial charge in [-0.2, -0.15) is 0 Å². The van der Waals surface area contributed by atoms with Crippen molar-refractivity contribution in [3.8, 4) is 0 Å². The first-order valence-electron chi connectivity index (χ1n) is 7.39. The predicted octanol–water partition coefficient (Wildman–Crippen LogP) is 1.44. The van der Waals surface area contributed by atoms with Gasteiger partial charge in [0.15, 0.2) is 0 Å². The van der Waals surface area contributed by atoms with Crippen molar-refractivity contribution >= 4 is 10.0 Å². The number of aryl methyl sites for hydroxylation is 1.